The summed E-state index contributed by atoms with van der Waals surface area (Å²) in [6, 6.07) is 0.0366. The molecule has 0 saturated carbocycles. The van der Waals surface area contributed by atoms with E-state index in [0.29, 0.717) is 26.1 Å². The Bertz CT molecular complexity index is 353. The van der Waals surface area contributed by atoms with Gasteiger partial charge < -0.3 is 4.90 Å². The smallest absolute Gasteiger partial charge is 0.277 e. The fourth-order valence-corrected chi connectivity index (χ4v) is 2.78. The van der Waals surface area contributed by atoms with Crippen LogP contribution in [0.1, 0.15) is 12.8 Å². The summed E-state index contributed by atoms with van der Waals surface area (Å²) in [4.78, 5) is 13.0. The van der Waals surface area contributed by atoms with Gasteiger partial charge in [0.25, 0.3) is 10.2 Å². The molecule has 2 aliphatic rings. The number of amides is 1. The summed E-state index contributed by atoms with van der Waals surface area (Å²) < 4.78 is 23.4. The van der Waals surface area contributed by atoms with Gasteiger partial charge in [-0.05, 0) is 6.42 Å². The molecule has 2 saturated heterocycles. The zero-order valence-corrected chi connectivity index (χ0v) is 8.53. The van der Waals surface area contributed by atoms with E-state index in [1.807, 2.05) is 0 Å². The lowest BCUT2D eigenvalue weighted by atomic mass is 10.2. The van der Waals surface area contributed by atoms with E-state index in [9.17, 15) is 13.2 Å². The van der Waals surface area contributed by atoms with E-state index in [4.69, 9.17) is 5.14 Å². The minimum Gasteiger partial charge on any atom is -0.337 e. The predicted octanol–water partition coefficient (Wildman–Crippen LogP) is -1.50. The summed E-state index contributed by atoms with van der Waals surface area (Å²) in [7, 11) is -3.59. The van der Waals surface area contributed by atoms with Crippen LogP contribution >= 0.6 is 0 Å². The lowest BCUT2D eigenvalue weighted by Crippen LogP contribution is -2.54. The van der Waals surface area contributed by atoms with Crippen molar-refractivity contribution in [2.45, 2.75) is 18.9 Å². The number of rotatable bonds is 1. The number of hydrogen-bond donors (Lipinski definition) is 1. The summed E-state index contributed by atoms with van der Waals surface area (Å²) in [5.41, 5.74) is 0. The largest absolute Gasteiger partial charge is 0.337 e. The molecule has 0 aromatic rings. The Hall–Kier alpha value is -0.660. The van der Waals surface area contributed by atoms with Crippen LogP contribution in [0.3, 0.4) is 0 Å². The molecular formula is C7H13N3O3S. The molecule has 0 aromatic carbocycles. The fourth-order valence-electron chi connectivity index (χ4n) is 2.07. The quantitative estimate of drug-likeness (QED) is 0.582. The van der Waals surface area contributed by atoms with Crippen molar-refractivity contribution in [2.75, 3.05) is 19.6 Å². The van der Waals surface area contributed by atoms with Crippen LogP contribution in [0.15, 0.2) is 0 Å². The maximum atomic E-state index is 11.3. The van der Waals surface area contributed by atoms with Gasteiger partial charge in [0.1, 0.15) is 0 Å². The average Bonchev–Trinajstić information content (AvgIpc) is 2.46. The first kappa shape index (κ1) is 9.88. The second-order valence-corrected chi connectivity index (χ2v) is 5.23. The Morgan fingerprint density at radius 2 is 2.07 bits per heavy atom. The molecule has 0 bridgehead atoms. The molecular weight excluding hydrogens is 206 g/mol. The van der Waals surface area contributed by atoms with Crippen LogP contribution in [-0.2, 0) is 15.0 Å². The second-order valence-electron chi connectivity index (χ2n) is 3.68. The lowest BCUT2D eigenvalue weighted by molar-refractivity contribution is -0.130. The first-order chi connectivity index (χ1) is 6.48. The molecule has 1 atom stereocenters. The summed E-state index contributed by atoms with van der Waals surface area (Å²) in [6.45, 7) is 1.14. The van der Waals surface area contributed by atoms with Crippen molar-refractivity contribution in [3.63, 3.8) is 0 Å². The molecule has 6 nitrogen and oxygen atoms in total. The van der Waals surface area contributed by atoms with Gasteiger partial charge in [-0.3, -0.25) is 4.79 Å². The van der Waals surface area contributed by atoms with Crippen molar-refractivity contribution < 1.29 is 13.2 Å². The van der Waals surface area contributed by atoms with Gasteiger partial charge >= 0.3 is 0 Å². The van der Waals surface area contributed by atoms with Crippen molar-refractivity contribution in [3.05, 3.63) is 0 Å². The number of piperazine rings is 1. The van der Waals surface area contributed by atoms with Crippen molar-refractivity contribution in [1.82, 2.24) is 9.21 Å². The monoisotopic (exact) mass is 219 g/mol. The zero-order valence-electron chi connectivity index (χ0n) is 7.72. The number of carbonyl (C=O) groups is 1. The Kier molecular flexibility index (Phi) is 2.24. The third-order valence-electron chi connectivity index (χ3n) is 2.82. The normalized spacial score (nSPS) is 29.4. The molecule has 0 aliphatic carbocycles. The van der Waals surface area contributed by atoms with Crippen LogP contribution in [0, 0.1) is 0 Å². The summed E-state index contributed by atoms with van der Waals surface area (Å²) in [5, 5.41) is 5.02. The van der Waals surface area contributed by atoms with Gasteiger partial charge in [-0.2, -0.15) is 12.7 Å². The molecule has 1 unspecified atom stereocenters. The summed E-state index contributed by atoms with van der Waals surface area (Å²) in [5.74, 6) is 0.129. The van der Waals surface area contributed by atoms with Crippen LogP contribution in [0.5, 0.6) is 0 Å². The molecule has 2 heterocycles. The lowest BCUT2D eigenvalue weighted by Gasteiger charge is -2.35. The molecule has 2 N–H and O–H groups in total. The first-order valence-electron chi connectivity index (χ1n) is 4.56. The highest BCUT2D eigenvalue weighted by Gasteiger charge is 2.38. The zero-order chi connectivity index (χ0) is 10.3. The van der Waals surface area contributed by atoms with Gasteiger partial charge in [0, 0.05) is 32.1 Å². The van der Waals surface area contributed by atoms with E-state index >= 15 is 0 Å². The Labute approximate surface area is 82.8 Å². The molecule has 80 valence electrons. The minimum atomic E-state index is -3.59. The highest BCUT2D eigenvalue weighted by molar-refractivity contribution is 7.86. The van der Waals surface area contributed by atoms with E-state index in [1.165, 1.54) is 4.31 Å². The van der Waals surface area contributed by atoms with Gasteiger partial charge in [-0.15, -0.1) is 0 Å². The van der Waals surface area contributed by atoms with Crippen molar-refractivity contribution in [2.24, 2.45) is 5.14 Å². The van der Waals surface area contributed by atoms with Crippen molar-refractivity contribution in [3.8, 4) is 0 Å². The first-order valence-corrected chi connectivity index (χ1v) is 6.06. The molecule has 7 heteroatoms. The predicted molar refractivity (Wildman–Crippen MR) is 49.4 cm³/mol. The number of hydrogen-bond acceptors (Lipinski definition) is 3. The van der Waals surface area contributed by atoms with E-state index in [1.54, 1.807) is 4.90 Å². The van der Waals surface area contributed by atoms with E-state index in [0.717, 1.165) is 6.42 Å². The third kappa shape index (κ3) is 1.62. The summed E-state index contributed by atoms with van der Waals surface area (Å²) in [6.07, 6.45) is 1.27. The molecule has 0 spiro atoms. The fraction of sp³-hybridized carbons (Fsp3) is 0.857. The number of fused-ring (bicyclic) bond motifs is 1. The molecule has 2 fully saturated rings. The molecule has 2 rings (SSSR count). The molecule has 0 radical (unpaired) electrons. The van der Waals surface area contributed by atoms with Crippen LogP contribution < -0.4 is 5.14 Å². The number of carbonyl (C=O) groups excluding carboxylic acids is 1. The van der Waals surface area contributed by atoms with Gasteiger partial charge in [0.15, 0.2) is 0 Å². The Morgan fingerprint density at radius 3 is 2.71 bits per heavy atom. The maximum Gasteiger partial charge on any atom is 0.277 e. The topological polar surface area (TPSA) is 83.7 Å². The van der Waals surface area contributed by atoms with Crippen LogP contribution in [0.25, 0.3) is 0 Å². The summed E-state index contributed by atoms with van der Waals surface area (Å²) >= 11 is 0. The van der Waals surface area contributed by atoms with Crippen LogP contribution in [0.2, 0.25) is 0 Å². The van der Waals surface area contributed by atoms with Gasteiger partial charge in [0.05, 0.1) is 0 Å². The number of nitrogens with zero attached hydrogens (tertiary/aromatic N) is 2. The third-order valence-corrected chi connectivity index (χ3v) is 3.87. The van der Waals surface area contributed by atoms with Gasteiger partial charge in [-0.25, -0.2) is 5.14 Å². The maximum absolute atomic E-state index is 11.3. The average molecular weight is 219 g/mol. The highest BCUT2D eigenvalue weighted by Crippen LogP contribution is 2.23. The Morgan fingerprint density at radius 1 is 1.36 bits per heavy atom. The standard InChI is InChI=1S/C7H13N3O3S/c8-14(12,13)9-3-4-10-6(5-9)1-2-7(10)11/h6H,1-5H2,(H2,8,12,13). The highest BCUT2D eigenvalue weighted by atomic mass is 32.2. The SMILES string of the molecule is NS(=O)(=O)N1CCN2C(=O)CCC2C1. The minimum absolute atomic E-state index is 0.0366. The van der Waals surface area contributed by atoms with E-state index < -0.39 is 10.2 Å². The van der Waals surface area contributed by atoms with E-state index in [2.05, 4.69) is 0 Å². The van der Waals surface area contributed by atoms with Gasteiger partial charge in [0.2, 0.25) is 5.91 Å². The molecule has 0 aromatic heterocycles. The van der Waals surface area contributed by atoms with Crippen LogP contribution in [0.4, 0.5) is 0 Å². The number of nitrogens with two attached hydrogens (primary N) is 1. The molecule has 1 amide bonds. The Balaban J connectivity index is 2.10. The van der Waals surface area contributed by atoms with Crippen molar-refractivity contribution in [1.29, 1.82) is 0 Å². The van der Waals surface area contributed by atoms with Crippen molar-refractivity contribution >= 4 is 16.1 Å². The molecule has 14 heavy (non-hydrogen) atoms. The molecule has 2 aliphatic heterocycles. The van der Waals surface area contributed by atoms with Crippen LogP contribution in [-0.4, -0.2) is 49.2 Å². The van der Waals surface area contributed by atoms with Gasteiger partial charge in [-0.1, -0.05) is 0 Å². The second kappa shape index (κ2) is 3.18. The van der Waals surface area contributed by atoms with E-state index in [-0.39, 0.29) is 11.9 Å².